The Labute approximate surface area is 143 Å². The van der Waals surface area contributed by atoms with Crippen LogP contribution >= 0.6 is 42.4 Å². The number of sulfonamides is 1. The van der Waals surface area contributed by atoms with Crippen LogP contribution in [-0.2, 0) is 23.6 Å². The maximum absolute atomic E-state index is 12.7. The van der Waals surface area contributed by atoms with Crippen LogP contribution in [0, 0.1) is 0 Å². The van der Waals surface area contributed by atoms with E-state index < -0.39 is 33.3 Å². The van der Waals surface area contributed by atoms with E-state index in [1.54, 1.807) is 13.0 Å². The van der Waals surface area contributed by atoms with Gasteiger partial charge in [0.15, 0.2) is 5.78 Å². The Morgan fingerprint density at radius 3 is 2.36 bits per heavy atom. The van der Waals surface area contributed by atoms with E-state index in [9.17, 15) is 13.0 Å². The van der Waals surface area contributed by atoms with E-state index in [0.717, 1.165) is 0 Å². The standard InChI is InChI=1S/C11H13Cl3NO5PS/c1-8-7-19-21(16,20-8)10(11(12,13)14)15-22(17,18)9-5-3-2-4-6-9/h2-6,8,10,15H,7H2,1H3/t8-,10+,21+/m1/s1. The van der Waals surface area contributed by atoms with Crippen LogP contribution in [0.15, 0.2) is 35.2 Å². The summed E-state index contributed by atoms with van der Waals surface area (Å²) in [6.07, 6.45) is -0.498. The first kappa shape index (κ1) is 18.5. The molecule has 22 heavy (non-hydrogen) atoms. The van der Waals surface area contributed by atoms with Crippen molar-refractivity contribution in [2.24, 2.45) is 0 Å². The molecular formula is C11H13Cl3NO5PS. The van der Waals surface area contributed by atoms with Gasteiger partial charge < -0.3 is 9.05 Å². The first-order valence-corrected chi connectivity index (χ1v) is 10.3. The minimum Gasteiger partial charge on any atom is -0.305 e. The fourth-order valence-corrected chi connectivity index (χ4v) is 6.94. The number of halogens is 3. The molecule has 1 heterocycles. The number of hydrogen-bond donors (Lipinski definition) is 1. The molecule has 0 amide bonds. The van der Waals surface area contributed by atoms with Crippen LogP contribution in [0.25, 0.3) is 0 Å². The van der Waals surface area contributed by atoms with Gasteiger partial charge in [-0.05, 0) is 19.1 Å². The predicted molar refractivity (Wildman–Crippen MR) is 84.9 cm³/mol. The van der Waals surface area contributed by atoms with E-state index in [-0.39, 0.29) is 11.5 Å². The molecule has 0 spiro atoms. The summed E-state index contributed by atoms with van der Waals surface area (Å²) in [5.74, 6) is -1.67. The van der Waals surface area contributed by atoms with E-state index in [0.29, 0.717) is 0 Å². The van der Waals surface area contributed by atoms with Crippen molar-refractivity contribution < 1.29 is 22.0 Å². The van der Waals surface area contributed by atoms with E-state index in [1.165, 1.54) is 24.3 Å². The molecule has 0 aromatic heterocycles. The maximum Gasteiger partial charge on any atom is 0.353 e. The Morgan fingerprint density at radius 1 is 1.32 bits per heavy atom. The molecule has 124 valence electrons. The highest BCUT2D eigenvalue weighted by Crippen LogP contribution is 2.62. The van der Waals surface area contributed by atoms with Gasteiger partial charge >= 0.3 is 7.60 Å². The molecule has 1 saturated heterocycles. The fourth-order valence-electron chi connectivity index (χ4n) is 1.78. The van der Waals surface area contributed by atoms with E-state index in [1.807, 2.05) is 0 Å². The fraction of sp³-hybridized carbons (Fsp3) is 0.455. The quantitative estimate of drug-likeness (QED) is 0.611. The molecule has 0 unspecified atom stereocenters. The zero-order chi connectivity index (χ0) is 16.6. The molecule has 1 aliphatic heterocycles. The average molecular weight is 409 g/mol. The van der Waals surface area contributed by atoms with E-state index in [4.69, 9.17) is 43.9 Å². The highest BCUT2D eigenvalue weighted by Gasteiger charge is 2.54. The lowest BCUT2D eigenvalue weighted by Crippen LogP contribution is -2.43. The monoisotopic (exact) mass is 407 g/mol. The lowest BCUT2D eigenvalue weighted by molar-refractivity contribution is 0.254. The molecule has 0 bridgehead atoms. The minimum absolute atomic E-state index is 0.0155. The summed E-state index contributed by atoms with van der Waals surface area (Å²) in [6, 6.07) is 7.43. The van der Waals surface area contributed by atoms with Crippen LogP contribution in [0.1, 0.15) is 6.92 Å². The summed E-state index contributed by atoms with van der Waals surface area (Å²) in [6.45, 7) is 1.63. The maximum atomic E-state index is 12.7. The van der Waals surface area contributed by atoms with Gasteiger partial charge in [0.1, 0.15) is 0 Å². The highest BCUT2D eigenvalue weighted by molar-refractivity contribution is 7.89. The molecule has 6 nitrogen and oxygen atoms in total. The van der Waals surface area contributed by atoms with Crippen molar-refractivity contribution in [2.45, 2.75) is 27.5 Å². The molecule has 3 atom stereocenters. The van der Waals surface area contributed by atoms with Gasteiger partial charge in [0.25, 0.3) is 0 Å². The third-order valence-corrected chi connectivity index (χ3v) is 7.80. The summed E-state index contributed by atoms with van der Waals surface area (Å²) >= 11 is 17.3. The Kier molecular flexibility index (Phi) is 5.52. The van der Waals surface area contributed by atoms with Crippen molar-refractivity contribution in [1.82, 2.24) is 4.72 Å². The van der Waals surface area contributed by atoms with Crippen molar-refractivity contribution >= 4 is 52.4 Å². The van der Waals surface area contributed by atoms with Crippen molar-refractivity contribution in [1.29, 1.82) is 0 Å². The molecule has 1 aliphatic rings. The Balaban J connectivity index is 2.35. The van der Waals surface area contributed by atoms with E-state index >= 15 is 0 Å². The molecule has 1 aromatic rings. The number of rotatable bonds is 4. The summed E-state index contributed by atoms with van der Waals surface area (Å²) in [4.78, 5) is -0.0619. The molecule has 1 N–H and O–H groups in total. The largest absolute Gasteiger partial charge is 0.353 e. The van der Waals surface area contributed by atoms with Crippen molar-refractivity contribution in [2.75, 3.05) is 6.61 Å². The zero-order valence-corrected chi connectivity index (χ0v) is 15.3. The number of alkyl halides is 3. The van der Waals surface area contributed by atoms with Gasteiger partial charge in [-0.1, -0.05) is 53.0 Å². The van der Waals surface area contributed by atoms with Crippen molar-refractivity contribution in [3.63, 3.8) is 0 Å². The van der Waals surface area contributed by atoms with Crippen LogP contribution in [0.5, 0.6) is 0 Å². The summed E-state index contributed by atoms with van der Waals surface area (Å²) in [5, 5.41) is 0. The lowest BCUT2D eigenvalue weighted by Gasteiger charge is -2.28. The second-order valence-electron chi connectivity index (χ2n) is 4.63. The van der Waals surface area contributed by atoms with Crippen LogP contribution in [-0.4, -0.2) is 30.7 Å². The Morgan fingerprint density at radius 2 is 1.91 bits per heavy atom. The third-order valence-electron chi connectivity index (χ3n) is 2.76. The van der Waals surface area contributed by atoms with Gasteiger partial charge in [-0.2, -0.15) is 4.72 Å². The minimum atomic E-state index is -4.07. The van der Waals surface area contributed by atoms with Gasteiger partial charge in [-0.25, -0.2) is 8.42 Å². The molecule has 1 aromatic carbocycles. The van der Waals surface area contributed by atoms with Crippen molar-refractivity contribution in [3.8, 4) is 0 Å². The van der Waals surface area contributed by atoms with Gasteiger partial charge in [0, 0.05) is 0 Å². The summed E-state index contributed by atoms with van der Waals surface area (Å²) in [7, 11) is -8.03. The van der Waals surface area contributed by atoms with Crippen LogP contribution in [0.4, 0.5) is 0 Å². The average Bonchev–Trinajstić information content (AvgIpc) is 2.76. The summed E-state index contributed by atoms with van der Waals surface area (Å²) < 4.78 is 47.5. The third kappa shape index (κ3) is 4.16. The second kappa shape index (κ2) is 6.57. The Bertz CT molecular complexity index is 679. The molecule has 2 rings (SSSR count). The SMILES string of the molecule is C[C@@H]1CO[P@@](=O)([C@H](NS(=O)(=O)c2ccccc2)C(Cl)(Cl)Cl)O1. The molecular weight excluding hydrogens is 396 g/mol. The van der Waals surface area contributed by atoms with E-state index in [2.05, 4.69) is 4.72 Å². The topological polar surface area (TPSA) is 81.7 Å². The first-order chi connectivity index (χ1) is 10.0. The summed E-state index contributed by atoms with van der Waals surface area (Å²) in [5.41, 5.74) is 0. The van der Waals surface area contributed by atoms with Gasteiger partial charge in [0.05, 0.1) is 17.6 Å². The van der Waals surface area contributed by atoms with Gasteiger partial charge in [-0.15, -0.1) is 0 Å². The number of nitrogens with one attached hydrogen (secondary N) is 1. The first-order valence-electron chi connectivity index (χ1n) is 6.11. The normalized spacial score (nSPS) is 27.7. The highest BCUT2D eigenvalue weighted by atomic mass is 35.6. The molecule has 1 fully saturated rings. The molecule has 0 saturated carbocycles. The number of benzene rings is 1. The predicted octanol–water partition coefficient (Wildman–Crippen LogP) is 3.29. The van der Waals surface area contributed by atoms with Crippen LogP contribution < -0.4 is 4.72 Å². The van der Waals surface area contributed by atoms with Crippen molar-refractivity contribution in [3.05, 3.63) is 30.3 Å². The van der Waals surface area contributed by atoms with Gasteiger partial charge in [-0.3, -0.25) is 4.57 Å². The molecule has 0 aliphatic carbocycles. The molecule has 0 radical (unpaired) electrons. The smallest absolute Gasteiger partial charge is 0.305 e. The zero-order valence-electron chi connectivity index (χ0n) is 11.3. The molecule has 11 heteroatoms. The second-order valence-corrected chi connectivity index (χ2v) is 10.8. The lowest BCUT2D eigenvalue weighted by atomic mass is 10.4. The van der Waals surface area contributed by atoms with Crippen LogP contribution in [0.2, 0.25) is 0 Å². The van der Waals surface area contributed by atoms with Crippen LogP contribution in [0.3, 0.4) is 0 Å². The van der Waals surface area contributed by atoms with Gasteiger partial charge in [0.2, 0.25) is 13.8 Å². The number of hydrogen-bond acceptors (Lipinski definition) is 5. The Hall–Kier alpha value is 0.150.